The van der Waals surface area contributed by atoms with Crippen molar-refractivity contribution in [1.82, 2.24) is 14.7 Å². The molecule has 0 aromatic carbocycles. The van der Waals surface area contributed by atoms with E-state index in [-0.39, 0.29) is 12.0 Å². The second kappa shape index (κ2) is 3.09. The number of aliphatic hydroxyl groups excluding tert-OH is 1. The van der Waals surface area contributed by atoms with Crippen LogP contribution in [0.15, 0.2) is 6.20 Å². The Hall–Kier alpha value is -1.36. The van der Waals surface area contributed by atoms with Crippen molar-refractivity contribution in [3.63, 3.8) is 0 Å². The Bertz CT molecular complexity index is 366. The van der Waals surface area contributed by atoms with E-state index in [1.807, 2.05) is 6.92 Å². The number of likely N-dealkylation sites (tertiary alicyclic amines) is 1. The molecule has 0 unspecified atom stereocenters. The van der Waals surface area contributed by atoms with Gasteiger partial charge in [-0.3, -0.25) is 9.48 Å². The molecule has 5 nitrogen and oxygen atoms in total. The van der Waals surface area contributed by atoms with Gasteiger partial charge >= 0.3 is 0 Å². The summed E-state index contributed by atoms with van der Waals surface area (Å²) in [6.07, 6.45) is 1.36. The summed E-state index contributed by atoms with van der Waals surface area (Å²) in [5.41, 5.74) is 1.36. The van der Waals surface area contributed by atoms with Crippen LogP contribution in [0.5, 0.6) is 0 Å². The molecule has 0 radical (unpaired) electrons. The molecule has 0 aliphatic carbocycles. The van der Waals surface area contributed by atoms with Gasteiger partial charge in [-0.05, 0) is 6.92 Å². The van der Waals surface area contributed by atoms with Crippen LogP contribution in [-0.4, -0.2) is 44.9 Å². The van der Waals surface area contributed by atoms with Crippen molar-refractivity contribution in [2.75, 3.05) is 13.1 Å². The van der Waals surface area contributed by atoms with Gasteiger partial charge in [-0.1, -0.05) is 0 Å². The van der Waals surface area contributed by atoms with Gasteiger partial charge in [0, 0.05) is 26.3 Å². The van der Waals surface area contributed by atoms with Gasteiger partial charge in [0.05, 0.1) is 17.4 Å². The molecule has 1 aliphatic rings. The van der Waals surface area contributed by atoms with E-state index in [4.69, 9.17) is 5.11 Å². The number of carbonyl (C=O) groups is 1. The minimum atomic E-state index is -0.351. The van der Waals surface area contributed by atoms with Gasteiger partial charge in [-0.25, -0.2) is 0 Å². The summed E-state index contributed by atoms with van der Waals surface area (Å²) in [7, 11) is 1.79. The number of aliphatic hydroxyl groups is 1. The summed E-state index contributed by atoms with van der Waals surface area (Å²) in [6, 6.07) is 0. The Kier molecular flexibility index (Phi) is 2.03. The van der Waals surface area contributed by atoms with Crippen molar-refractivity contribution in [2.45, 2.75) is 13.0 Å². The molecule has 1 aromatic rings. The zero-order chi connectivity index (χ0) is 10.3. The summed E-state index contributed by atoms with van der Waals surface area (Å²) < 4.78 is 1.62. The van der Waals surface area contributed by atoms with Crippen LogP contribution in [0, 0.1) is 6.92 Å². The highest BCUT2D eigenvalue weighted by Crippen LogP contribution is 2.14. The summed E-state index contributed by atoms with van der Waals surface area (Å²) in [4.78, 5) is 13.4. The largest absolute Gasteiger partial charge is 0.389 e. The number of aryl methyl sites for hydroxylation is 2. The molecule has 1 saturated heterocycles. The average molecular weight is 195 g/mol. The van der Waals surface area contributed by atoms with E-state index in [9.17, 15) is 4.79 Å². The molecule has 14 heavy (non-hydrogen) atoms. The fourth-order valence-corrected chi connectivity index (χ4v) is 1.60. The number of nitrogens with zero attached hydrogens (tertiary/aromatic N) is 3. The topological polar surface area (TPSA) is 58.4 Å². The minimum Gasteiger partial charge on any atom is -0.389 e. The minimum absolute atomic E-state index is 0.0408. The van der Waals surface area contributed by atoms with E-state index in [2.05, 4.69) is 5.10 Å². The van der Waals surface area contributed by atoms with E-state index in [0.29, 0.717) is 18.7 Å². The van der Waals surface area contributed by atoms with Crippen molar-refractivity contribution < 1.29 is 9.90 Å². The molecule has 5 heteroatoms. The van der Waals surface area contributed by atoms with Crippen molar-refractivity contribution in [3.8, 4) is 0 Å². The van der Waals surface area contributed by atoms with Gasteiger partial charge in [-0.15, -0.1) is 0 Å². The first-order valence-corrected chi connectivity index (χ1v) is 4.55. The molecule has 0 saturated carbocycles. The first kappa shape index (κ1) is 9.21. The SMILES string of the molecule is Cc1nn(C)cc1C(=O)N1CC(O)C1. The van der Waals surface area contributed by atoms with Crippen LogP contribution in [0.25, 0.3) is 0 Å². The van der Waals surface area contributed by atoms with E-state index < -0.39 is 0 Å². The Morgan fingerprint density at radius 1 is 1.64 bits per heavy atom. The second-order valence-corrected chi connectivity index (χ2v) is 3.67. The molecule has 1 fully saturated rings. The summed E-state index contributed by atoms with van der Waals surface area (Å²) in [5.74, 6) is -0.0408. The van der Waals surface area contributed by atoms with Gasteiger partial charge in [-0.2, -0.15) is 5.10 Å². The lowest BCUT2D eigenvalue weighted by Crippen LogP contribution is -2.53. The standard InChI is InChI=1S/C9H13N3O2/c1-6-8(5-11(2)10-6)9(14)12-3-7(13)4-12/h5,7,13H,3-4H2,1-2H3. The zero-order valence-electron chi connectivity index (χ0n) is 8.27. The molecule has 76 valence electrons. The number of hydrogen-bond acceptors (Lipinski definition) is 3. The van der Waals surface area contributed by atoms with Gasteiger partial charge in [0.25, 0.3) is 5.91 Å². The second-order valence-electron chi connectivity index (χ2n) is 3.67. The highest BCUT2D eigenvalue weighted by Gasteiger charge is 2.30. The number of hydrogen-bond donors (Lipinski definition) is 1. The van der Waals surface area contributed by atoms with Gasteiger partial charge < -0.3 is 10.0 Å². The van der Waals surface area contributed by atoms with Crippen molar-refractivity contribution in [3.05, 3.63) is 17.5 Å². The Balaban J connectivity index is 2.15. The fraction of sp³-hybridized carbons (Fsp3) is 0.556. The highest BCUT2D eigenvalue weighted by molar-refractivity contribution is 5.95. The van der Waals surface area contributed by atoms with Crippen LogP contribution in [0.1, 0.15) is 16.1 Å². The van der Waals surface area contributed by atoms with E-state index in [0.717, 1.165) is 5.69 Å². The molecule has 1 N–H and O–H groups in total. The van der Waals surface area contributed by atoms with Gasteiger partial charge in [0.1, 0.15) is 0 Å². The first-order valence-electron chi connectivity index (χ1n) is 4.55. The lowest BCUT2D eigenvalue weighted by Gasteiger charge is -2.35. The third-order valence-corrected chi connectivity index (χ3v) is 2.39. The summed E-state index contributed by atoms with van der Waals surface area (Å²) >= 11 is 0. The molecule has 2 heterocycles. The predicted octanol–water partition coefficient (Wildman–Crippen LogP) is -0.455. The summed E-state index contributed by atoms with van der Waals surface area (Å²) in [5, 5.41) is 13.2. The monoisotopic (exact) mass is 195 g/mol. The fourth-order valence-electron chi connectivity index (χ4n) is 1.60. The summed E-state index contributed by atoms with van der Waals surface area (Å²) in [6.45, 7) is 2.68. The third kappa shape index (κ3) is 1.39. The maximum absolute atomic E-state index is 11.8. The molecule has 1 aliphatic heterocycles. The molecule has 0 atom stereocenters. The Morgan fingerprint density at radius 3 is 2.71 bits per heavy atom. The van der Waals surface area contributed by atoms with Gasteiger partial charge in [0.15, 0.2) is 0 Å². The molecule has 0 bridgehead atoms. The number of amides is 1. The quantitative estimate of drug-likeness (QED) is 0.660. The van der Waals surface area contributed by atoms with Crippen LogP contribution in [-0.2, 0) is 7.05 Å². The van der Waals surface area contributed by atoms with E-state index in [1.165, 1.54) is 0 Å². The molecule has 1 amide bonds. The zero-order valence-corrected chi connectivity index (χ0v) is 8.27. The smallest absolute Gasteiger partial charge is 0.257 e. The van der Waals surface area contributed by atoms with Crippen LogP contribution >= 0.6 is 0 Å². The number of β-amino-alcohol motifs (C(OH)–C–C–N with tert-alkyl or cyclic N) is 1. The van der Waals surface area contributed by atoms with Crippen molar-refractivity contribution in [2.24, 2.45) is 7.05 Å². The highest BCUT2D eigenvalue weighted by atomic mass is 16.3. The molecule has 1 aromatic heterocycles. The van der Waals surface area contributed by atoms with Crippen LogP contribution in [0.4, 0.5) is 0 Å². The van der Waals surface area contributed by atoms with E-state index in [1.54, 1.807) is 22.8 Å². The maximum atomic E-state index is 11.8. The Labute approximate surface area is 81.9 Å². The van der Waals surface area contributed by atoms with Crippen LogP contribution < -0.4 is 0 Å². The third-order valence-electron chi connectivity index (χ3n) is 2.39. The lowest BCUT2D eigenvalue weighted by atomic mass is 10.1. The maximum Gasteiger partial charge on any atom is 0.257 e. The lowest BCUT2D eigenvalue weighted by molar-refractivity contribution is 0.00584. The first-order chi connectivity index (χ1) is 6.58. The molecule has 0 spiro atoms. The number of aromatic nitrogens is 2. The van der Waals surface area contributed by atoms with Crippen LogP contribution in [0.3, 0.4) is 0 Å². The van der Waals surface area contributed by atoms with Crippen molar-refractivity contribution >= 4 is 5.91 Å². The normalized spacial score (nSPS) is 16.9. The van der Waals surface area contributed by atoms with Gasteiger partial charge in [0.2, 0.25) is 0 Å². The number of carbonyl (C=O) groups excluding carboxylic acids is 1. The number of rotatable bonds is 1. The Morgan fingerprint density at radius 2 is 2.29 bits per heavy atom. The molecular weight excluding hydrogens is 182 g/mol. The van der Waals surface area contributed by atoms with E-state index >= 15 is 0 Å². The van der Waals surface area contributed by atoms with Crippen molar-refractivity contribution in [1.29, 1.82) is 0 Å². The van der Waals surface area contributed by atoms with Crippen LogP contribution in [0.2, 0.25) is 0 Å². The average Bonchev–Trinajstić information content (AvgIpc) is 2.39. The molecular formula is C9H13N3O2. The molecule has 2 rings (SSSR count). The predicted molar refractivity (Wildman–Crippen MR) is 49.9 cm³/mol.